The number of hydrogen-bond acceptors (Lipinski definition) is 6. The molecule has 4 heterocycles. The average Bonchev–Trinajstić information content (AvgIpc) is 3.28. The predicted octanol–water partition coefficient (Wildman–Crippen LogP) is 3.87. The number of piperidine rings is 3. The Bertz CT molecular complexity index is 1240. The van der Waals surface area contributed by atoms with Crippen LogP contribution in [0.4, 0.5) is 5.69 Å². The lowest BCUT2D eigenvalue weighted by molar-refractivity contribution is -0.136. The number of fused-ring (bicyclic) bond motifs is 1. The van der Waals surface area contributed by atoms with Gasteiger partial charge < -0.3 is 14.5 Å². The van der Waals surface area contributed by atoms with Gasteiger partial charge in [-0.05, 0) is 80.5 Å². The summed E-state index contributed by atoms with van der Waals surface area (Å²) in [5.41, 5.74) is 4.26. The van der Waals surface area contributed by atoms with Gasteiger partial charge in [-0.3, -0.25) is 24.6 Å². The second-order valence-corrected chi connectivity index (χ2v) is 11.3. The maximum Gasteiger partial charge on any atom is 0.255 e. The quantitative estimate of drug-likeness (QED) is 0.548. The zero-order valence-electron chi connectivity index (χ0n) is 22.6. The van der Waals surface area contributed by atoms with Crippen LogP contribution in [-0.4, -0.2) is 65.8 Å². The van der Waals surface area contributed by atoms with Crippen LogP contribution in [0.15, 0.2) is 42.5 Å². The SMILES string of the molecule is O=C1CCC(N2Cc3cc(OCC4CCCCN4Cc4ccccc4N4CCCCC4)ccc3C2=O)C(=O)N1. The molecule has 0 bridgehead atoms. The Balaban J connectivity index is 1.10. The van der Waals surface area contributed by atoms with Crippen LogP contribution in [-0.2, 0) is 22.7 Å². The molecule has 0 saturated carbocycles. The summed E-state index contributed by atoms with van der Waals surface area (Å²) in [4.78, 5) is 43.6. The highest BCUT2D eigenvalue weighted by atomic mass is 16.5. The summed E-state index contributed by atoms with van der Waals surface area (Å²) < 4.78 is 6.33. The number of nitrogens with one attached hydrogen (secondary N) is 1. The molecule has 8 heteroatoms. The van der Waals surface area contributed by atoms with Crippen molar-refractivity contribution < 1.29 is 19.1 Å². The van der Waals surface area contributed by atoms with Crippen LogP contribution in [0.2, 0.25) is 0 Å². The van der Waals surface area contributed by atoms with E-state index in [1.165, 1.54) is 43.4 Å². The van der Waals surface area contributed by atoms with Crippen molar-refractivity contribution in [1.29, 1.82) is 0 Å². The molecule has 3 amide bonds. The van der Waals surface area contributed by atoms with Crippen LogP contribution in [0.5, 0.6) is 5.75 Å². The summed E-state index contributed by atoms with van der Waals surface area (Å²) in [6.07, 6.45) is 8.02. The van der Waals surface area contributed by atoms with E-state index in [4.69, 9.17) is 4.74 Å². The first-order chi connectivity index (χ1) is 19.1. The molecule has 4 aliphatic heterocycles. The van der Waals surface area contributed by atoms with Crippen molar-refractivity contribution in [3.63, 3.8) is 0 Å². The Kier molecular flexibility index (Phi) is 7.55. The molecule has 1 N–H and O–H groups in total. The number of amides is 3. The Morgan fingerprint density at radius 3 is 2.56 bits per heavy atom. The number of carbonyl (C=O) groups excluding carboxylic acids is 3. The van der Waals surface area contributed by atoms with E-state index in [0.717, 1.165) is 43.9 Å². The summed E-state index contributed by atoms with van der Waals surface area (Å²) >= 11 is 0. The molecule has 0 aliphatic carbocycles. The number of para-hydroxylation sites is 1. The second kappa shape index (κ2) is 11.4. The largest absolute Gasteiger partial charge is 0.492 e. The molecule has 39 heavy (non-hydrogen) atoms. The van der Waals surface area contributed by atoms with E-state index in [2.05, 4.69) is 39.4 Å². The lowest BCUT2D eigenvalue weighted by Gasteiger charge is -2.37. The van der Waals surface area contributed by atoms with E-state index in [1.54, 1.807) is 4.90 Å². The molecule has 3 saturated heterocycles. The molecule has 2 atom stereocenters. The number of likely N-dealkylation sites (tertiary alicyclic amines) is 1. The number of carbonyl (C=O) groups is 3. The highest BCUT2D eigenvalue weighted by Gasteiger charge is 2.39. The maximum absolute atomic E-state index is 13.0. The van der Waals surface area contributed by atoms with Crippen LogP contribution >= 0.6 is 0 Å². The van der Waals surface area contributed by atoms with Gasteiger partial charge in [0.1, 0.15) is 18.4 Å². The Morgan fingerprint density at radius 2 is 1.72 bits per heavy atom. The highest BCUT2D eigenvalue weighted by Crippen LogP contribution is 2.31. The van der Waals surface area contributed by atoms with Gasteiger partial charge in [0, 0.05) is 49.9 Å². The van der Waals surface area contributed by atoms with Gasteiger partial charge >= 0.3 is 0 Å². The van der Waals surface area contributed by atoms with E-state index in [9.17, 15) is 14.4 Å². The van der Waals surface area contributed by atoms with E-state index in [-0.39, 0.29) is 24.1 Å². The first-order valence-corrected chi connectivity index (χ1v) is 14.5. The Labute approximate surface area is 230 Å². The number of benzene rings is 2. The number of ether oxygens (including phenoxy) is 1. The number of imide groups is 1. The highest BCUT2D eigenvalue weighted by molar-refractivity contribution is 6.05. The van der Waals surface area contributed by atoms with Crippen molar-refractivity contribution in [2.75, 3.05) is 31.1 Å². The van der Waals surface area contributed by atoms with Gasteiger partial charge in [-0.1, -0.05) is 24.6 Å². The third-order valence-corrected chi connectivity index (χ3v) is 8.75. The first-order valence-electron chi connectivity index (χ1n) is 14.5. The first kappa shape index (κ1) is 25.9. The minimum Gasteiger partial charge on any atom is -0.492 e. The van der Waals surface area contributed by atoms with Gasteiger partial charge in [-0.25, -0.2) is 0 Å². The summed E-state index contributed by atoms with van der Waals surface area (Å²) in [7, 11) is 0. The molecule has 0 spiro atoms. The van der Waals surface area contributed by atoms with E-state index >= 15 is 0 Å². The maximum atomic E-state index is 13.0. The normalized spacial score (nSPS) is 24.1. The third-order valence-electron chi connectivity index (χ3n) is 8.75. The van der Waals surface area contributed by atoms with Crippen molar-refractivity contribution in [1.82, 2.24) is 15.1 Å². The number of hydrogen-bond donors (Lipinski definition) is 1. The van der Waals surface area contributed by atoms with Crippen LogP contribution in [0.25, 0.3) is 0 Å². The zero-order chi connectivity index (χ0) is 26.8. The number of nitrogens with zero attached hydrogens (tertiary/aromatic N) is 3. The molecule has 2 aromatic carbocycles. The molecule has 206 valence electrons. The molecule has 2 unspecified atom stereocenters. The predicted molar refractivity (Wildman–Crippen MR) is 149 cm³/mol. The van der Waals surface area contributed by atoms with Gasteiger partial charge in [-0.15, -0.1) is 0 Å². The molecule has 4 aliphatic rings. The van der Waals surface area contributed by atoms with Gasteiger partial charge in [-0.2, -0.15) is 0 Å². The fourth-order valence-corrected chi connectivity index (χ4v) is 6.60. The number of anilines is 1. The van der Waals surface area contributed by atoms with Crippen molar-refractivity contribution in [3.8, 4) is 5.75 Å². The fourth-order valence-electron chi connectivity index (χ4n) is 6.60. The molecule has 3 fully saturated rings. The summed E-state index contributed by atoms with van der Waals surface area (Å²) in [6, 6.07) is 14.2. The summed E-state index contributed by atoms with van der Waals surface area (Å²) in [5, 5.41) is 2.36. The van der Waals surface area contributed by atoms with Gasteiger partial charge in [0.05, 0.1) is 0 Å². The van der Waals surface area contributed by atoms with E-state index in [0.29, 0.717) is 31.2 Å². The molecule has 2 aromatic rings. The molecular formula is C31H38N4O4. The second-order valence-electron chi connectivity index (χ2n) is 11.3. The van der Waals surface area contributed by atoms with Crippen LogP contribution in [0, 0.1) is 0 Å². The van der Waals surface area contributed by atoms with E-state index in [1.807, 2.05) is 18.2 Å². The lowest BCUT2D eigenvalue weighted by atomic mass is 10.0. The van der Waals surface area contributed by atoms with Crippen LogP contribution < -0.4 is 15.0 Å². The van der Waals surface area contributed by atoms with Crippen molar-refractivity contribution in [2.24, 2.45) is 0 Å². The average molecular weight is 531 g/mol. The van der Waals surface area contributed by atoms with Gasteiger partial charge in [0.2, 0.25) is 11.8 Å². The van der Waals surface area contributed by atoms with E-state index < -0.39 is 6.04 Å². The van der Waals surface area contributed by atoms with Crippen LogP contribution in [0.3, 0.4) is 0 Å². The summed E-state index contributed by atoms with van der Waals surface area (Å²) in [6.45, 7) is 5.26. The lowest BCUT2D eigenvalue weighted by Crippen LogP contribution is -2.52. The molecule has 6 rings (SSSR count). The zero-order valence-corrected chi connectivity index (χ0v) is 22.6. The van der Waals surface area contributed by atoms with Crippen molar-refractivity contribution >= 4 is 23.4 Å². The fraction of sp³-hybridized carbons (Fsp3) is 0.516. The molecule has 0 radical (unpaired) electrons. The number of rotatable bonds is 7. The smallest absolute Gasteiger partial charge is 0.255 e. The molecular weight excluding hydrogens is 492 g/mol. The van der Waals surface area contributed by atoms with Crippen molar-refractivity contribution in [2.45, 2.75) is 76.5 Å². The van der Waals surface area contributed by atoms with Crippen molar-refractivity contribution in [3.05, 3.63) is 59.2 Å². The van der Waals surface area contributed by atoms with Gasteiger partial charge in [0.25, 0.3) is 5.91 Å². The monoisotopic (exact) mass is 530 g/mol. The minimum absolute atomic E-state index is 0.156. The van der Waals surface area contributed by atoms with Gasteiger partial charge in [0.15, 0.2) is 0 Å². The molecule has 0 aromatic heterocycles. The standard InChI is InChI=1S/C31H38N4O4/c36-29-14-13-28(30(37)32-29)35-20-23-18-25(11-12-26(23)31(35)38)39-21-24-9-4-7-17-34(24)19-22-8-2-3-10-27(22)33-15-5-1-6-16-33/h2-3,8,10-12,18,24,28H,1,4-7,9,13-17,19-21H2,(H,32,36,37). The minimum atomic E-state index is -0.601. The summed E-state index contributed by atoms with van der Waals surface area (Å²) in [5.74, 6) is -0.0613. The molecule has 8 nitrogen and oxygen atoms in total. The third kappa shape index (κ3) is 5.53. The Hall–Kier alpha value is -3.39. The van der Waals surface area contributed by atoms with Crippen LogP contribution in [0.1, 0.15) is 72.9 Å². The Morgan fingerprint density at radius 1 is 0.897 bits per heavy atom. The topological polar surface area (TPSA) is 82.2 Å².